The van der Waals surface area contributed by atoms with Crippen molar-refractivity contribution in [2.45, 2.75) is 26.0 Å². The third-order valence-corrected chi connectivity index (χ3v) is 2.39. The number of nitriles is 1. The molecule has 3 heteroatoms. The van der Waals surface area contributed by atoms with Crippen molar-refractivity contribution in [3.63, 3.8) is 0 Å². The fourth-order valence-corrected chi connectivity index (χ4v) is 1.62. The van der Waals surface area contributed by atoms with Crippen LogP contribution in [0, 0.1) is 11.3 Å². The first-order valence-corrected chi connectivity index (χ1v) is 5.53. The number of rotatable bonds is 6. The SMILES string of the molecule is CCCNC(C#N)c1ccccc1COC. The van der Waals surface area contributed by atoms with Crippen LogP contribution in [0.25, 0.3) is 0 Å². The lowest BCUT2D eigenvalue weighted by Gasteiger charge is -2.15. The van der Waals surface area contributed by atoms with Crippen LogP contribution in [-0.4, -0.2) is 13.7 Å². The number of methoxy groups -OCH3 is 1. The van der Waals surface area contributed by atoms with Crippen molar-refractivity contribution in [3.8, 4) is 6.07 Å². The smallest absolute Gasteiger partial charge is 0.121 e. The number of nitrogens with zero attached hydrogens (tertiary/aromatic N) is 1. The van der Waals surface area contributed by atoms with E-state index in [9.17, 15) is 0 Å². The maximum atomic E-state index is 9.15. The van der Waals surface area contributed by atoms with Crippen molar-refractivity contribution in [2.24, 2.45) is 0 Å². The first-order chi connectivity index (χ1) is 7.83. The Kier molecular flexibility index (Phi) is 5.55. The minimum Gasteiger partial charge on any atom is -0.380 e. The average Bonchev–Trinajstić information content (AvgIpc) is 2.32. The highest BCUT2D eigenvalue weighted by Gasteiger charge is 2.12. The Bertz CT molecular complexity index is 357. The second-order valence-corrected chi connectivity index (χ2v) is 3.65. The zero-order chi connectivity index (χ0) is 11.8. The molecular formula is C13H18N2O. The van der Waals surface area contributed by atoms with Gasteiger partial charge in [-0.1, -0.05) is 31.2 Å². The summed E-state index contributed by atoms with van der Waals surface area (Å²) in [6, 6.07) is 9.93. The van der Waals surface area contributed by atoms with Crippen LogP contribution in [0.4, 0.5) is 0 Å². The lowest BCUT2D eigenvalue weighted by atomic mass is 10.0. The standard InChI is InChI=1S/C13H18N2O/c1-3-8-15-13(9-14)12-7-5-4-6-11(12)10-16-2/h4-7,13,15H,3,8,10H2,1-2H3. The molecule has 0 saturated carbocycles. The fourth-order valence-electron chi connectivity index (χ4n) is 1.62. The van der Waals surface area contributed by atoms with Crippen LogP contribution in [0.1, 0.15) is 30.5 Å². The molecule has 1 N–H and O–H groups in total. The van der Waals surface area contributed by atoms with Gasteiger partial charge in [0.25, 0.3) is 0 Å². The van der Waals surface area contributed by atoms with E-state index in [1.165, 1.54) is 0 Å². The largest absolute Gasteiger partial charge is 0.380 e. The molecule has 0 bridgehead atoms. The van der Waals surface area contributed by atoms with Crippen LogP contribution in [0.3, 0.4) is 0 Å². The van der Waals surface area contributed by atoms with Crippen LogP contribution >= 0.6 is 0 Å². The number of hydrogen-bond donors (Lipinski definition) is 1. The van der Waals surface area contributed by atoms with Crippen LogP contribution in [0.15, 0.2) is 24.3 Å². The van der Waals surface area contributed by atoms with Gasteiger partial charge >= 0.3 is 0 Å². The van der Waals surface area contributed by atoms with E-state index in [1.807, 2.05) is 24.3 Å². The van der Waals surface area contributed by atoms with Gasteiger partial charge in [0.15, 0.2) is 0 Å². The zero-order valence-electron chi connectivity index (χ0n) is 9.86. The molecule has 1 unspecified atom stereocenters. The van der Waals surface area contributed by atoms with Gasteiger partial charge in [0.1, 0.15) is 6.04 Å². The molecule has 0 fully saturated rings. The number of benzene rings is 1. The van der Waals surface area contributed by atoms with Gasteiger partial charge in [0.2, 0.25) is 0 Å². The molecule has 0 aliphatic heterocycles. The zero-order valence-corrected chi connectivity index (χ0v) is 9.86. The quantitative estimate of drug-likeness (QED) is 0.797. The summed E-state index contributed by atoms with van der Waals surface area (Å²) >= 11 is 0. The Hall–Kier alpha value is -1.37. The molecular weight excluding hydrogens is 200 g/mol. The number of nitrogens with one attached hydrogen (secondary N) is 1. The highest BCUT2D eigenvalue weighted by molar-refractivity contribution is 5.32. The number of ether oxygens (including phenoxy) is 1. The number of hydrogen-bond acceptors (Lipinski definition) is 3. The maximum absolute atomic E-state index is 9.15. The molecule has 1 atom stereocenters. The minimum atomic E-state index is -0.244. The second-order valence-electron chi connectivity index (χ2n) is 3.65. The molecule has 0 heterocycles. The van der Waals surface area contributed by atoms with Gasteiger partial charge in [0.05, 0.1) is 12.7 Å². The van der Waals surface area contributed by atoms with Gasteiger partial charge in [-0.2, -0.15) is 5.26 Å². The Balaban J connectivity index is 2.86. The summed E-state index contributed by atoms with van der Waals surface area (Å²) in [5.41, 5.74) is 2.08. The van der Waals surface area contributed by atoms with Crippen LogP contribution in [-0.2, 0) is 11.3 Å². The van der Waals surface area contributed by atoms with E-state index in [4.69, 9.17) is 10.00 Å². The van der Waals surface area contributed by atoms with Crippen LogP contribution < -0.4 is 5.32 Å². The van der Waals surface area contributed by atoms with Crippen LogP contribution in [0.5, 0.6) is 0 Å². The Morgan fingerprint density at radius 2 is 2.19 bits per heavy atom. The maximum Gasteiger partial charge on any atom is 0.121 e. The monoisotopic (exact) mass is 218 g/mol. The van der Waals surface area contributed by atoms with E-state index in [0.29, 0.717) is 6.61 Å². The Morgan fingerprint density at radius 3 is 2.81 bits per heavy atom. The molecule has 0 aromatic heterocycles. The van der Waals surface area contributed by atoms with Gasteiger partial charge in [-0.3, -0.25) is 5.32 Å². The summed E-state index contributed by atoms with van der Waals surface area (Å²) in [6.07, 6.45) is 1.02. The summed E-state index contributed by atoms with van der Waals surface area (Å²) in [5, 5.41) is 12.4. The van der Waals surface area contributed by atoms with E-state index in [2.05, 4.69) is 18.3 Å². The average molecular weight is 218 g/mol. The molecule has 0 aliphatic carbocycles. The second kappa shape index (κ2) is 7.00. The predicted molar refractivity (Wildman–Crippen MR) is 63.8 cm³/mol. The molecule has 86 valence electrons. The van der Waals surface area contributed by atoms with E-state index in [-0.39, 0.29) is 6.04 Å². The summed E-state index contributed by atoms with van der Waals surface area (Å²) in [7, 11) is 1.66. The van der Waals surface area contributed by atoms with Crippen molar-refractivity contribution in [2.75, 3.05) is 13.7 Å². The van der Waals surface area contributed by atoms with Gasteiger partial charge < -0.3 is 4.74 Å². The van der Waals surface area contributed by atoms with Crippen molar-refractivity contribution >= 4 is 0 Å². The molecule has 0 amide bonds. The topological polar surface area (TPSA) is 45.0 Å². The van der Waals surface area contributed by atoms with Crippen molar-refractivity contribution in [1.82, 2.24) is 5.32 Å². The molecule has 1 rings (SSSR count). The lowest BCUT2D eigenvalue weighted by Crippen LogP contribution is -2.21. The van der Waals surface area contributed by atoms with Gasteiger partial charge in [-0.25, -0.2) is 0 Å². The fraction of sp³-hybridized carbons (Fsp3) is 0.462. The van der Waals surface area contributed by atoms with Gasteiger partial charge in [0, 0.05) is 7.11 Å². The third kappa shape index (κ3) is 3.34. The van der Waals surface area contributed by atoms with Crippen molar-refractivity contribution in [3.05, 3.63) is 35.4 Å². The Labute approximate surface area is 97.0 Å². The normalized spacial score (nSPS) is 12.1. The van der Waals surface area contributed by atoms with Crippen molar-refractivity contribution < 1.29 is 4.74 Å². The molecule has 1 aromatic rings. The summed E-state index contributed by atoms with van der Waals surface area (Å²) < 4.78 is 5.13. The van der Waals surface area contributed by atoms with E-state index < -0.39 is 0 Å². The Morgan fingerprint density at radius 1 is 1.44 bits per heavy atom. The highest BCUT2D eigenvalue weighted by atomic mass is 16.5. The minimum absolute atomic E-state index is 0.244. The van der Waals surface area contributed by atoms with Crippen molar-refractivity contribution in [1.29, 1.82) is 5.26 Å². The first-order valence-electron chi connectivity index (χ1n) is 5.53. The van der Waals surface area contributed by atoms with Gasteiger partial charge in [-0.05, 0) is 24.1 Å². The van der Waals surface area contributed by atoms with E-state index in [1.54, 1.807) is 7.11 Å². The molecule has 16 heavy (non-hydrogen) atoms. The molecule has 0 saturated heterocycles. The summed E-state index contributed by atoms with van der Waals surface area (Å²) in [6.45, 7) is 3.48. The molecule has 3 nitrogen and oxygen atoms in total. The summed E-state index contributed by atoms with van der Waals surface area (Å²) in [4.78, 5) is 0. The lowest BCUT2D eigenvalue weighted by molar-refractivity contribution is 0.184. The molecule has 0 aliphatic rings. The van der Waals surface area contributed by atoms with Gasteiger partial charge in [-0.15, -0.1) is 0 Å². The highest BCUT2D eigenvalue weighted by Crippen LogP contribution is 2.18. The van der Waals surface area contributed by atoms with E-state index >= 15 is 0 Å². The molecule has 1 aromatic carbocycles. The third-order valence-electron chi connectivity index (χ3n) is 2.39. The van der Waals surface area contributed by atoms with E-state index in [0.717, 1.165) is 24.1 Å². The molecule has 0 radical (unpaired) electrons. The summed E-state index contributed by atoms with van der Waals surface area (Å²) in [5.74, 6) is 0. The predicted octanol–water partition coefficient (Wildman–Crippen LogP) is 2.40. The molecule has 0 spiro atoms. The first kappa shape index (κ1) is 12.7. The van der Waals surface area contributed by atoms with Crippen LogP contribution in [0.2, 0.25) is 0 Å².